The Hall–Kier alpha value is -0.430. The lowest BCUT2D eigenvalue weighted by Crippen LogP contribution is -2.35. The summed E-state index contributed by atoms with van der Waals surface area (Å²) in [7, 11) is -1.81. The molecule has 102 valence electrons. The van der Waals surface area contributed by atoms with Crippen molar-refractivity contribution < 1.29 is 13.5 Å². The normalized spacial score (nSPS) is 17.8. The highest BCUT2D eigenvalue weighted by Gasteiger charge is 2.33. The molecule has 0 saturated heterocycles. The van der Waals surface area contributed by atoms with Crippen molar-refractivity contribution in [3.05, 3.63) is 15.8 Å². The van der Waals surface area contributed by atoms with Crippen LogP contribution < -0.4 is 0 Å². The van der Waals surface area contributed by atoms with E-state index in [1.54, 1.807) is 19.4 Å². The Morgan fingerprint density at radius 1 is 1.44 bits per heavy atom. The SMILES string of the molecule is Cc1csc(CO)c1S(=O)(=O)N(C)C1CCCC1. The van der Waals surface area contributed by atoms with Gasteiger partial charge in [0.15, 0.2) is 0 Å². The van der Waals surface area contributed by atoms with Crippen molar-refractivity contribution in [2.75, 3.05) is 7.05 Å². The quantitative estimate of drug-likeness (QED) is 0.923. The van der Waals surface area contributed by atoms with Crippen molar-refractivity contribution in [1.29, 1.82) is 0 Å². The summed E-state index contributed by atoms with van der Waals surface area (Å²) in [6, 6.07) is 0.112. The van der Waals surface area contributed by atoms with Gasteiger partial charge in [-0.05, 0) is 30.7 Å². The number of thiophene rings is 1. The molecule has 4 nitrogen and oxygen atoms in total. The number of aliphatic hydroxyl groups is 1. The third-order valence-corrected chi connectivity index (χ3v) is 6.97. The highest BCUT2D eigenvalue weighted by Crippen LogP contribution is 2.32. The van der Waals surface area contributed by atoms with E-state index in [1.807, 2.05) is 0 Å². The first kappa shape index (κ1) is 14.0. The molecule has 1 heterocycles. The topological polar surface area (TPSA) is 57.6 Å². The van der Waals surface area contributed by atoms with Crippen molar-refractivity contribution in [3.8, 4) is 0 Å². The van der Waals surface area contributed by atoms with Gasteiger partial charge in [0.1, 0.15) is 4.90 Å². The zero-order valence-electron chi connectivity index (χ0n) is 10.7. The maximum Gasteiger partial charge on any atom is 0.244 e. The van der Waals surface area contributed by atoms with E-state index in [-0.39, 0.29) is 12.6 Å². The first-order valence-corrected chi connectivity index (χ1v) is 8.46. The smallest absolute Gasteiger partial charge is 0.244 e. The number of hydrogen-bond acceptors (Lipinski definition) is 4. The molecule has 6 heteroatoms. The Balaban J connectivity index is 2.37. The summed E-state index contributed by atoms with van der Waals surface area (Å²) in [6.45, 7) is 1.57. The number of hydrogen-bond donors (Lipinski definition) is 1. The average molecular weight is 289 g/mol. The largest absolute Gasteiger partial charge is 0.391 e. The zero-order chi connectivity index (χ0) is 13.3. The minimum absolute atomic E-state index is 0.112. The lowest BCUT2D eigenvalue weighted by molar-refractivity contribution is 0.281. The molecule has 1 N–H and O–H groups in total. The first-order chi connectivity index (χ1) is 8.48. The highest BCUT2D eigenvalue weighted by atomic mass is 32.2. The number of aryl methyl sites for hydroxylation is 1. The summed E-state index contributed by atoms with van der Waals surface area (Å²) >= 11 is 1.31. The summed E-state index contributed by atoms with van der Waals surface area (Å²) in [5.74, 6) is 0. The molecule has 18 heavy (non-hydrogen) atoms. The van der Waals surface area contributed by atoms with Crippen LogP contribution in [-0.4, -0.2) is 30.9 Å². The van der Waals surface area contributed by atoms with Gasteiger partial charge in [-0.15, -0.1) is 11.3 Å². The van der Waals surface area contributed by atoms with E-state index in [4.69, 9.17) is 0 Å². The summed E-state index contributed by atoms with van der Waals surface area (Å²) in [5.41, 5.74) is 0.730. The molecule has 0 atom stereocenters. The molecule has 0 aliphatic heterocycles. The lowest BCUT2D eigenvalue weighted by Gasteiger charge is -2.24. The number of aliphatic hydroxyl groups excluding tert-OH is 1. The second kappa shape index (κ2) is 5.28. The number of sulfonamides is 1. The molecule has 0 amide bonds. The molecule has 0 unspecified atom stereocenters. The predicted molar refractivity (Wildman–Crippen MR) is 72.2 cm³/mol. The number of nitrogens with zero attached hydrogens (tertiary/aromatic N) is 1. The molecule has 0 spiro atoms. The standard InChI is InChI=1S/C12H19NO3S2/c1-9-8-17-11(7-14)12(9)18(15,16)13(2)10-5-3-4-6-10/h8,10,14H,3-7H2,1-2H3. The monoisotopic (exact) mass is 289 g/mol. The van der Waals surface area contributed by atoms with Crippen LogP contribution in [0, 0.1) is 6.92 Å². The second-order valence-electron chi connectivity index (χ2n) is 4.79. The van der Waals surface area contributed by atoms with Crippen molar-refractivity contribution in [3.63, 3.8) is 0 Å². The predicted octanol–water partition coefficient (Wildman–Crippen LogP) is 2.11. The molecule has 1 aliphatic rings. The van der Waals surface area contributed by atoms with Gasteiger partial charge >= 0.3 is 0 Å². The Morgan fingerprint density at radius 2 is 2.06 bits per heavy atom. The minimum atomic E-state index is -3.47. The molecule has 1 aliphatic carbocycles. The molecular formula is C12H19NO3S2. The maximum atomic E-state index is 12.6. The van der Waals surface area contributed by atoms with Crippen LogP contribution in [0.5, 0.6) is 0 Å². The van der Waals surface area contributed by atoms with Crippen LogP contribution in [0.25, 0.3) is 0 Å². The van der Waals surface area contributed by atoms with Crippen LogP contribution in [0.1, 0.15) is 36.1 Å². The minimum Gasteiger partial charge on any atom is -0.391 e. The Kier molecular flexibility index (Phi) is 4.11. The summed E-state index contributed by atoms with van der Waals surface area (Å²) < 4.78 is 26.7. The van der Waals surface area contributed by atoms with Gasteiger partial charge < -0.3 is 5.11 Å². The van der Waals surface area contributed by atoms with Crippen molar-refractivity contribution in [2.45, 2.75) is 50.2 Å². The van der Waals surface area contributed by atoms with E-state index in [0.29, 0.717) is 9.77 Å². The summed E-state index contributed by atoms with van der Waals surface area (Å²) in [6.07, 6.45) is 4.07. The fourth-order valence-corrected chi connectivity index (χ4v) is 5.57. The van der Waals surface area contributed by atoms with E-state index in [1.165, 1.54) is 15.6 Å². The van der Waals surface area contributed by atoms with Gasteiger partial charge in [0.2, 0.25) is 10.0 Å². The second-order valence-corrected chi connectivity index (χ2v) is 7.69. The van der Waals surface area contributed by atoms with Gasteiger partial charge in [-0.2, -0.15) is 4.31 Å². The van der Waals surface area contributed by atoms with Gasteiger partial charge in [-0.1, -0.05) is 12.8 Å². The number of rotatable bonds is 4. The molecule has 0 aromatic carbocycles. The molecule has 1 fully saturated rings. The van der Waals surface area contributed by atoms with Crippen LogP contribution in [0.15, 0.2) is 10.3 Å². The van der Waals surface area contributed by atoms with Gasteiger partial charge in [0, 0.05) is 13.1 Å². The van der Waals surface area contributed by atoms with Gasteiger partial charge in [0.25, 0.3) is 0 Å². The van der Waals surface area contributed by atoms with Crippen LogP contribution in [0.3, 0.4) is 0 Å². The van der Waals surface area contributed by atoms with Crippen molar-refractivity contribution in [2.24, 2.45) is 0 Å². The van der Waals surface area contributed by atoms with Gasteiger partial charge in [-0.3, -0.25) is 0 Å². The van der Waals surface area contributed by atoms with Crippen LogP contribution in [-0.2, 0) is 16.6 Å². The summed E-state index contributed by atoms with van der Waals surface area (Å²) in [5, 5.41) is 11.1. The molecule has 0 radical (unpaired) electrons. The Morgan fingerprint density at radius 3 is 2.61 bits per heavy atom. The molecule has 2 rings (SSSR count). The zero-order valence-corrected chi connectivity index (χ0v) is 12.4. The molecule has 0 bridgehead atoms. The molecule has 1 aromatic rings. The van der Waals surface area contributed by atoms with E-state index in [0.717, 1.165) is 31.2 Å². The summed E-state index contributed by atoms with van der Waals surface area (Å²) in [4.78, 5) is 0.849. The van der Waals surface area contributed by atoms with Crippen molar-refractivity contribution in [1.82, 2.24) is 4.31 Å². The van der Waals surface area contributed by atoms with E-state index in [9.17, 15) is 13.5 Å². The van der Waals surface area contributed by atoms with Gasteiger partial charge in [0.05, 0.1) is 11.5 Å². The van der Waals surface area contributed by atoms with Crippen LogP contribution >= 0.6 is 11.3 Å². The molecular weight excluding hydrogens is 270 g/mol. The van der Waals surface area contributed by atoms with E-state index < -0.39 is 10.0 Å². The third kappa shape index (κ3) is 2.34. The lowest BCUT2D eigenvalue weighted by atomic mass is 10.3. The van der Waals surface area contributed by atoms with Crippen LogP contribution in [0.2, 0.25) is 0 Å². The first-order valence-electron chi connectivity index (χ1n) is 6.14. The maximum absolute atomic E-state index is 12.6. The van der Waals surface area contributed by atoms with Crippen LogP contribution in [0.4, 0.5) is 0 Å². The van der Waals surface area contributed by atoms with E-state index >= 15 is 0 Å². The van der Waals surface area contributed by atoms with Crippen molar-refractivity contribution >= 4 is 21.4 Å². The molecule has 1 aromatic heterocycles. The Labute approximate surface area is 112 Å². The highest BCUT2D eigenvalue weighted by molar-refractivity contribution is 7.89. The fraction of sp³-hybridized carbons (Fsp3) is 0.667. The van der Waals surface area contributed by atoms with Gasteiger partial charge in [-0.25, -0.2) is 8.42 Å². The average Bonchev–Trinajstić information content (AvgIpc) is 2.96. The Bertz CT molecular complexity index is 515. The third-order valence-electron chi connectivity index (χ3n) is 3.61. The fourth-order valence-electron chi connectivity index (χ4n) is 2.55. The van der Waals surface area contributed by atoms with E-state index in [2.05, 4.69) is 0 Å². The molecule has 1 saturated carbocycles.